The summed E-state index contributed by atoms with van der Waals surface area (Å²) in [4.78, 5) is 12.0. The lowest BCUT2D eigenvalue weighted by molar-refractivity contribution is -0.122. The number of nitrogens with one attached hydrogen (secondary N) is 1. The molecule has 25 heavy (non-hydrogen) atoms. The van der Waals surface area contributed by atoms with Crippen molar-refractivity contribution in [1.82, 2.24) is 5.32 Å². The Morgan fingerprint density at radius 3 is 2.56 bits per heavy atom. The van der Waals surface area contributed by atoms with Gasteiger partial charge in [0.15, 0.2) is 0 Å². The second-order valence-electron chi connectivity index (χ2n) is 6.43. The summed E-state index contributed by atoms with van der Waals surface area (Å²) in [6.45, 7) is 1.92. The molecule has 2 rings (SSSR count). The van der Waals surface area contributed by atoms with Gasteiger partial charge in [0, 0.05) is 24.4 Å². The van der Waals surface area contributed by atoms with Crippen LogP contribution < -0.4 is 10.1 Å². The van der Waals surface area contributed by atoms with Crippen LogP contribution in [0.4, 0.5) is 0 Å². The number of amides is 1. The molecular formula is C20H24ClNO3. The summed E-state index contributed by atoms with van der Waals surface area (Å²) in [6, 6.07) is 15.0. The van der Waals surface area contributed by atoms with Crippen molar-refractivity contribution in [3.63, 3.8) is 0 Å². The van der Waals surface area contributed by atoms with Crippen molar-refractivity contribution in [2.75, 3.05) is 13.7 Å². The molecule has 0 heterocycles. The predicted molar refractivity (Wildman–Crippen MR) is 100 cm³/mol. The van der Waals surface area contributed by atoms with Gasteiger partial charge >= 0.3 is 0 Å². The minimum absolute atomic E-state index is 0.0880. The highest BCUT2D eigenvalue weighted by molar-refractivity contribution is 6.30. The Labute approximate surface area is 153 Å². The summed E-state index contributed by atoms with van der Waals surface area (Å²) >= 11 is 5.94. The van der Waals surface area contributed by atoms with Crippen LogP contribution in [0.5, 0.6) is 5.75 Å². The number of hydrogen-bond donors (Lipinski definition) is 2. The van der Waals surface area contributed by atoms with Gasteiger partial charge in [-0.1, -0.05) is 35.9 Å². The van der Waals surface area contributed by atoms with E-state index < -0.39 is 5.60 Å². The molecule has 1 atom stereocenters. The van der Waals surface area contributed by atoms with Gasteiger partial charge in [0.25, 0.3) is 0 Å². The topological polar surface area (TPSA) is 58.6 Å². The Bertz CT molecular complexity index is 698. The molecule has 4 nitrogen and oxygen atoms in total. The first-order valence-electron chi connectivity index (χ1n) is 8.24. The van der Waals surface area contributed by atoms with Gasteiger partial charge in [-0.3, -0.25) is 4.79 Å². The lowest BCUT2D eigenvalue weighted by Crippen LogP contribution is -2.42. The fraction of sp³-hybridized carbons (Fsp3) is 0.350. The van der Waals surface area contributed by atoms with Crippen LogP contribution in [0, 0.1) is 0 Å². The molecule has 0 aliphatic heterocycles. The van der Waals surface area contributed by atoms with Crippen LogP contribution in [0.3, 0.4) is 0 Å². The smallest absolute Gasteiger partial charge is 0.220 e. The number of aliphatic hydroxyl groups is 1. The van der Waals surface area contributed by atoms with Crippen LogP contribution >= 0.6 is 11.6 Å². The molecule has 5 heteroatoms. The van der Waals surface area contributed by atoms with Crippen molar-refractivity contribution >= 4 is 17.5 Å². The number of carbonyl (C=O) groups is 1. The Hall–Kier alpha value is -2.04. The Kier molecular flexibility index (Phi) is 6.85. The average molecular weight is 362 g/mol. The molecule has 0 aromatic heterocycles. The maximum Gasteiger partial charge on any atom is 0.220 e. The first-order valence-corrected chi connectivity index (χ1v) is 8.62. The second-order valence-corrected chi connectivity index (χ2v) is 6.86. The van der Waals surface area contributed by atoms with Crippen LogP contribution in [0.1, 0.15) is 24.5 Å². The van der Waals surface area contributed by atoms with Gasteiger partial charge in [0.1, 0.15) is 5.75 Å². The van der Waals surface area contributed by atoms with Gasteiger partial charge in [-0.2, -0.15) is 0 Å². The van der Waals surface area contributed by atoms with Gasteiger partial charge in [0.2, 0.25) is 5.91 Å². The van der Waals surface area contributed by atoms with E-state index in [1.807, 2.05) is 48.5 Å². The normalized spacial score (nSPS) is 13.1. The highest BCUT2D eigenvalue weighted by atomic mass is 35.5. The molecule has 134 valence electrons. The van der Waals surface area contributed by atoms with Crippen molar-refractivity contribution in [3.8, 4) is 5.75 Å². The molecule has 0 fully saturated rings. The molecule has 0 saturated heterocycles. The molecule has 2 aromatic carbocycles. The first-order chi connectivity index (χ1) is 11.9. The van der Waals surface area contributed by atoms with Gasteiger partial charge in [0.05, 0.1) is 12.7 Å². The summed E-state index contributed by atoms with van der Waals surface area (Å²) < 4.78 is 5.12. The highest BCUT2D eigenvalue weighted by Gasteiger charge is 2.21. The number of methoxy groups -OCH3 is 1. The number of ether oxygens (including phenoxy) is 1. The molecule has 0 aliphatic rings. The minimum Gasteiger partial charge on any atom is -0.497 e. The van der Waals surface area contributed by atoms with Crippen molar-refractivity contribution in [2.24, 2.45) is 0 Å². The molecule has 2 N–H and O–H groups in total. The number of carbonyl (C=O) groups excluding carboxylic acids is 1. The maximum absolute atomic E-state index is 12.0. The van der Waals surface area contributed by atoms with E-state index in [4.69, 9.17) is 16.3 Å². The fourth-order valence-electron chi connectivity index (χ4n) is 2.57. The highest BCUT2D eigenvalue weighted by Crippen LogP contribution is 2.17. The van der Waals surface area contributed by atoms with E-state index in [1.54, 1.807) is 14.0 Å². The zero-order chi connectivity index (χ0) is 18.3. The molecule has 1 amide bonds. The third kappa shape index (κ3) is 6.77. The number of benzene rings is 2. The molecule has 0 saturated carbocycles. The zero-order valence-electron chi connectivity index (χ0n) is 14.6. The van der Waals surface area contributed by atoms with Crippen LogP contribution in [0.15, 0.2) is 48.5 Å². The third-order valence-corrected chi connectivity index (χ3v) is 4.18. The number of rotatable bonds is 8. The Balaban J connectivity index is 1.78. The molecular weight excluding hydrogens is 338 g/mol. The zero-order valence-corrected chi connectivity index (χ0v) is 15.3. The van der Waals surface area contributed by atoms with Crippen LogP contribution in [-0.4, -0.2) is 30.3 Å². The molecule has 0 bridgehead atoms. The maximum atomic E-state index is 12.0. The van der Waals surface area contributed by atoms with E-state index in [0.717, 1.165) is 16.9 Å². The summed E-state index contributed by atoms with van der Waals surface area (Å²) in [7, 11) is 1.62. The average Bonchev–Trinajstić information content (AvgIpc) is 2.59. The van der Waals surface area contributed by atoms with Crippen molar-refractivity contribution in [3.05, 3.63) is 64.7 Å². The monoisotopic (exact) mass is 361 g/mol. The summed E-state index contributed by atoms with van der Waals surface area (Å²) in [5.41, 5.74) is 0.993. The van der Waals surface area contributed by atoms with Crippen LogP contribution in [0.25, 0.3) is 0 Å². The standard InChI is InChI=1S/C20H24ClNO3/c1-20(24,13-16-6-9-18(25-2)10-7-16)14-22-19(23)11-8-15-4-3-5-17(21)12-15/h3-7,9-10,12,24H,8,11,13-14H2,1-2H3,(H,22,23)/t20-/m0/s1. The lowest BCUT2D eigenvalue weighted by Gasteiger charge is -2.24. The van der Waals surface area contributed by atoms with E-state index in [0.29, 0.717) is 24.3 Å². The molecule has 0 radical (unpaired) electrons. The minimum atomic E-state index is -1.01. The predicted octanol–water partition coefficient (Wildman–Crippen LogP) is 3.39. The van der Waals surface area contributed by atoms with Gasteiger partial charge < -0.3 is 15.2 Å². The summed E-state index contributed by atoms with van der Waals surface area (Å²) in [6.07, 6.45) is 1.43. The van der Waals surface area contributed by atoms with E-state index >= 15 is 0 Å². The number of halogens is 1. The van der Waals surface area contributed by atoms with Crippen molar-refractivity contribution in [1.29, 1.82) is 0 Å². The van der Waals surface area contributed by atoms with Crippen molar-refractivity contribution < 1.29 is 14.6 Å². The summed E-state index contributed by atoms with van der Waals surface area (Å²) in [5, 5.41) is 14.0. The first kappa shape index (κ1) is 19.3. The van der Waals surface area contributed by atoms with E-state index in [2.05, 4.69) is 5.32 Å². The third-order valence-electron chi connectivity index (χ3n) is 3.94. The second kappa shape index (κ2) is 8.88. The Morgan fingerprint density at radius 1 is 1.20 bits per heavy atom. The molecule has 0 spiro atoms. The number of aryl methyl sites for hydroxylation is 1. The largest absolute Gasteiger partial charge is 0.497 e. The van der Waals surface area contributed by atoms with Gasteiger partial charge in [-0.05, 0) is 48.7 Å². The number of hydrogen-bond acceptors (Lipinski definition) is 3. The van der Waals surface area contributed by atoms with Crippen LogP contribution in [0.2, 0.25) is 5.02 Å². The van der Waals surface area contributed by atoms with Crippen LogP contribution in [-0.2, 0) is 17.6 Å². The van der Waals surface area contributed by atoms with Gasteiger partial charge in [-0.25, -0.2) is 0 Å². The molecule has 0 aliphatic carbocycles. The van der Waals surface area contributed by atoms with E-state index in [1.165, 1.54) is 0 Å². The molecule has 2 aromatic rings. The lowest BCUT2D eigenvalue weighted by atomic mass is 9.96. The summed E-state index contributed by atoms with van der Waals surface area (Å²) in [5.74, 6) is 0.688. The SMILES string of the molecule is COc1ccc(C[C@](C)(O)CNC(=O)CCc2cccc(Cl)c2)cc1. The Morgan fingerprint density at radius 2 is 1.92 bits per heavy atom. The quantitative estimate of drug-likeness (QED) is 0.757. The molecule has 0 unspecified atom stereocenters. The van der Waals surface area contributed by atoms with E-state index in [-0.39, 0.29) is 12.5 Å². The van der Waals surface area contributed by atoms with Gasteiger partial charge in [-0.15, -0.1) is 0 Å². The van der Waals surface area contributed by atoms with Crippen molar-refractivity contribution in [2.45, 2.75) is 31.8 Å². The fourth-order valence-corrected chi connectivity index (χ4v) is 2.79. The van der Waals surface area contributed by atoms with E-state index in [9.17, 15) is 9.90 Å².